The molecular weight excluding hydrogens is 304 g/mol. The van der Waals surface area contributed by atoms with Crippen molar-refractivity contribution >= 4 is 11.4 Å². The van der Waals surface area contributed by atoms with Crippen LogP contribution in [0.5, 0.6) is 5.75 Å². The topological polar surface area (TPSA) is 55.8 Å². The van der Waals surface area contributed by atoms with Crippen LogP contribution in [-0.4, -0.2) is 28.6 Å². The maximum atomic E-state index is 12.4. The molecule has 2 heterocycles. The summed E-state index contributed by atoms with van der Waals surface area (Å²) in [6.07, 6.45) is 3.86. The molecular formula is C15H13F2N5O. The molecule has 0 fully saturated rings. The Morgan fingerprint density at radius 1 is 1.43 bits per heavy atom. The van der Waals surface area contributed by atoms with E-state index in [1.165, 1.54) is 18.3 Å². The van der Waals surface area contributed by atoms with Crippen LogP contribution < -0.4 is 10.2 Å². The minimum absolute atomic E-state index is 0.0758. The summed E-state index contributed by atoms with van der Waals surface area (Å²) in [6.45, 7) is 4.81. The van der Waals surface area contributed by atoms with E-state index in [0.717, 1.165) is 6.42 Å². The predicted molar refractivity (Wildman–Crippen MR) is 79.8 cm³/mol. The highest BCUT2D eigenvalue weighted by atomic mass is 19.3. The number of halogens is 2. The van der Waals surface area contributed by atoms with Gasteiger partial charge in [-0.25, -0.2) is 4.85 Å². The maximum Gasteiger partial charge on any atom is 0.387 e. The number of hydrogen-bond donors (Lipinski definition) is 1. The normalized spacial score (nSPS) is 17.3. The molecule has 0 saturated carbocycles. The van der Waals surface area contributed by atoms with Crippen molar-refractivity contribution in [2.24, 2.45) is 5.10 Å². The molecule has 23 heavy (non-hydrogen) atoms. The van der Waals surface area contributed by atoms with E-state index in [4.69, 9.17) is 6.57 Å². The molecule has 6 nitrogen and oxygen atoms in total. The lowest BCUT2D eigenvalue weighted by molar-refractivity contribution is -0.0498. The van der Waals surface area contributed by atoms with Gasteiger partial charge in [0.15, 0.2) is 0 Å². The van der Waals surface area contributed by atoms with Gasteiger partial charge in [0.05, 0.1) is 24.5 Å². The summed E-state index contributed by atoms with van der Waals surface area (Å²) in [5, 5.41) is 8.50. The molecule has 1 unspecified atom stereocenters. The van der Waals surface area contributed by atoms with Crippen molar-refractivity contribution in [2.75, 3.05) is 6.54 Å². The molecule has 1 aliphatic rings. The minimum Gasteiger partial charge on any atom is -0.435 e. The summed E-state index contributed by atoms with van der Waals surface area (Å²) >= 11 is 0. The van der Waals surface area contributed by atoms with Crippen LogP contribution in [0.15, 0.2) is 41.8 Å². The zero-order valence-electron chi connectivity index (χ0n) is 12.0. The number of hydrazone groups is 1. The van der Waals surface area contributed by atoms with Gasteiger partial charge < -0.3 is 10.2 Å². The van der Waals surface area contributed by atoms with Crippen molar-refractivity contribution in [3.05, 3.63) is 53.6 Å². The number of hydrogen-bond acceptors (Lipinski definition) is 4. The van der Waals surface area contributed by atoms with Gasteiger partial charge in [0.25, 0.3) is 0 Å². The first-order chi connectivity index (χ1) is 11.2. The summed E-state index contributed by atoms with van der Waals surface area (Å²) in [5.41, 5.74) is 4.68. The van der Waals surface area contributed by atoms with Crippen LogP contribution in [0.25, 0.3) is 4.85 Å². The average molecular weight is 317 g/mol. The van der Waals surface area contributed by atoms with Crippen molar-refractivity contribution < 1.29 is 13.5 Å². The van der Waals surface area contributed by atoms with Gasteiger partial charge in [-0.3, -0.25) is 4.68 Å². The lowest BCUT2D eigenvalue weighted by Crippen LogP contribution is -2.31. The Morgan fingerprint density at radius 3 is 3.04 bits per heavy atom. The number of nitrogens with one attached hydrogen (secondary N) is 1. The number of nitrogens with zero attached hydrogens (tertiary/aromatic N) is 4. The highest BCUT2D eigenvalue weighted by molar-refractivity contribution is 6.03. The summed E-state index contributed by atoms with van der Waals surface area (Å²) in [7, 11) is 0. The van der Waals surface area contributed by atoms with Crippen molar-refractivity contribution in [1.82, 2.24) is 15.2 Å². The van der Waals surface area contributed by atoms with Gasteiger partial charge >= 0.3 is 6.61 Å². The number of ether oxygens (including phenoxy) is 1. The highest BCUT2D eigenvalue weighted by Gasteiger charge is 2.24. The SMILES string of the molecule is [C-]#[N+]c1cnn(C2CCNN=C2c2cccc(OC(F)F)c2)c1. The van der Waals surface area contributed by atoms with Crippen LogP contribution in [0.3, 0.4) is 0 Å². The quantitative estimate of drug-likeness (QED) is 0.882. The fraction of sp³-hybridized carbons (Fsp3) is 0.267. The summed E-state index contributed by atoms with van der Waals surface area (Å²) in [5.74, 6) is 0.0758. The monoisotopic (exact) mass is 317 g/mol. The van der Waals surface area contributed by atoms with Gasteiger partial charge in [-0.1, -0.05) is 12.1 Å². The molecule has 1 atom stereocenters. The molecule has 0 amide bonds. The molecule has 1 N–H and O–H groups in total. The first kappa shape index (κ1) is 15.0. The Hall–Kier alpha value is -2.95. The van der Waals surface area contributed by atoms with Crippen LogP contribution in [0, 0.1) is 6.57 Å². The average Bonchev–Trinajstić information content (AvgIpc) is 3.03. The van der Waals surface area contributed by atoms with Gasteiger partial charge in [-0.2, -0.15) is 19.0 Å². The second kappa shape index (κ2) is 6.44. The zero-order valence-corrected chi connectivity index (χ0v) is 12.0. The van der Waals surface area contributed by atoms with E-state index in [-0.39, 0.29) is 11.8 Å². The third kappa shape index (κ3) is 3.29. The molecule has 0 bridgehead atoms. The van der Waals surface area contributed by atoms with E-state index in [1.807, 2.05) is 0 Å². The molecule has 2 aromatic rings. The second-order valence-corrected chi connectivity index (χ2v) is 4.91. The molecule has 1 aliphatic heterocycles. The molecule has 0 spiro atoms. The zero-order chi connectivity index (χ0) is 16.2. The molecule has 1 aromatic heterocycles. The van der Waals surface area contributed by atoms with E-state index < -0.39 is 6.61 Å². The van der Waals surface area contributed by atoms with Gasteiger partial charge in [0, 0.05) is 18.3 Å². The van der Waals surface area contributed by atoms with Crippen molar-refractivity contribution in [2.45, 2.75) is 19.1 Å². The molecule has 8 heteroatoms. The van der Waals surface area contributed by atoms with E-state index in [9.17, 15) is 8.78 Å². The lowest BCUT2D eigenvalue weighted by atomic mass is 9.99. The van der Waals surface area contributed by atoms with Crippen molar-refractivity contribution in [3.8, 4) is 5.75 Å². The minimum atomic E-state index is -2.88. The summed E-state index contributed by atoms with van der Waals surface area (Å²) < 4.78 is 30.9. The summed E-state index contributed by atoms with van der Waals surface area (Å²) in [4.78, 5) is 3.34. The molecule has 0 radical (unpaired) electrons. The van der Waals surface area contributed by atoms with Crippen LogP contribution in [0.1, 0.15) is 18.0 Å². The Bertz CT molecular complexity index is 765. The van der Waals surface area contributed by atoms with Crippen molar-refractivity contribution in [3.63, 3.8) is 0 Å². The molecule has 0 saturated heterocycles. The fourth-order valence-electron chi connectivity index (χ4n) is 2.46. The van der Waals surface area contributed by atoms with Gasteiger partial charge in [0.2, 0.25) is 5.69 Å². The number of benzene rings is 1. The number of alkyl halides is 2. The second-order valence-electron chi connectivity index (χ2n) is 4.91. The summed E-state index contributed by atoms with van der Waals surface area (Å²) in [6, 6.07) is 6.22. The van der Waals surface area contributed by atoms with Crippen LogP contribution in [0.4, 0.5) is 14.5 Å². The van der Waals surface area contributed by atoms with Crippen molar-refractivity contribution in [1.29, 1.82) is 0 Å². The Labute approximate surface area is 131 Å². The van der Waals surface area contributed by atoms with Crippen LogP contribution in [-0.2, 0) is 0 Å². The highest BCUT2D eigenvalue weighted by Crippen LogP contribution is 2.25. The van der Waals surface area contributed by atoms with Crippen LogP contribution >= 0.6 is 0 Å². The molecule has 0 aliphatic carbocycles. The maximum absolute atomic E-state index is 12.4. The van der Waals surface area contributed by atoms with E-state index in [1.54, 1.807) is 23.0 Å². The molecule has 3 rings (SSSR count). The van der Waals surface area contributed by atoms with E-state index in [0.29, 0.717) is 23.5 Å². The predicted octanol–water partition coefficient (Wildman–Crippen LogP) is 2.97. The molecule has 1 aromatic carbocycles. The Balaban J connectivity index is 1.93. The number of aromatic nitrogens is 2. The van der Waals surface area contributed by atoms with E-state index in [2.05, 4.69) is 25.2 Å². The third-order valence-corrected chi connectivity index (χ3v) is 3.44. The first-order valence-electron chi connectivity index (χ1n) is 6.94. The van der Waals surface area contributed by atoms with E-state index >= 15 is 0 Å². The first-order valence-corrected chi connectivity index (χ1v) is 6.94. The number of rotatable bonds is 4. The fourth-order valence-corrected chi connectivity index (χ4v) is 2.46. The largest absolute Gasteiger partial charge is 0.435 e. The Morgan fingerprint density at radius 2 is 2.30 bits per heavy atom. The van der Waals surface area contributed by atoms with Crippen LogP contribution in [0.2, 0.25) is 0 Å². The van der Waals surface area contributed by atoms with Gasteiger partial charge in [-0.15, -0.1) is 0 Å². The standard InChI is InChI=1S/C15H13F2N5O/c1-18-11-8-20-22(9-11)13-5-6-19-21-14(13)10-3-2-4-12(7-10)23-15(16)17/h2-4,7-9,13,15,19H,5-6H2. The third-order valence-electron chi connectivity index (χ3n) is 3.44. The van der Waals surface area contributed by atoms with Gasteiger partial charge in [0.1, 0.15) is 5.75 Å². The molecule has 118 valence electrons. The van der Waals surface area contributed by atoms with Gasteiger partial charge in [-0.05, 0) is 18.6 Å². The smallest absolute Gasteiger partial charge is 0.387 e. The lowest BCUT2D eigenvalue weighted by Gasteiger charge is -2.24. The Kier molecular flexibility index (Phi) is 4.19.